The summed E-state index contributed by atoms with van der Waals surface area (Å²) in [4.78, 5) is 14.3. The van der Waals surface area contributed by atoms with E-state index in [0.29, 0.717) is 18.7 Å². The first-order valence-electron chi connectivity index (χ1n) is 7.15. The van der Waals surface area contributed by atoms with Crippen LogP contribution in [0.1, 0.15) is 30.9 Å². The monoisotopic (exact) mass is 286 g/mol. The van der Waals surface area contributed by atoms with Crippen LogP contribution in [-0.2, 0) is 17.8 Å². The van der Waals surface area contributed by atoms with E-state index in [4.69, 9.17) is 10.2 Å². The summed E-state index contributed by atoms with van der Waals surface area (Å²) in [5.74, 6) is 1.74. The summed E-state index contributed by atoms with van der Waals surface area (Å²) in [5, 5.41) is 0. The van der Waals surface area contributed by atoms with Crippen molar-refractivity contribution in [1.29, 1.82) is 0 Å². The van der Waals surface area contributed by atoms with Crippen LogP contribution in [0.25, 0.3) is 0 Å². The van der Waals surface area contributed by atoms with Gasteiger partial charge < -0.3 is 15.1 Å². The largest absolute Gasteiger partial charge is 0.464 e. The van der Waals surface area contributed by atoms with Gasteiger partial charge in [-0.25, -0.2) is 0 Å². The summed E-state index contributed by atoms with van der Waals surface area (Å²) in [6.07, 6.45) is 0.350. The molecule has 4 nitrogen and oxygen atoms in total. The van der Waals surface area contributed by atoms with Gasteiger partial charge >= 0.3 is 0 Å². The third-order valence-electron chi connectivity index (χ3n) is 3.37. The second kappa shape index (κ2) is 6.48. The molecule has 1 heterocycles. The molecule has 112 valence electrons. The Labute approximate surface area is 125 Å². The van der Waals surface area contributed by atoms with Crippen molar-refractivity contribution >= 4 is 11.6 Å². The number of hydrogen-bond acceptors (Lipinski definition) is 3. The van der Waals surface area contributed by atoms with Crippen LogP contribution >= 0.6 is 0 Å². The maximum atomic E-state index is 12.5. The van der Waals surface area contributed by atoms with Gasteiger partial charge in [-0.15, -0.1) is 0 Å². The van der Waals surface area contributed by atoms with E-state index < -0.39 is 0 Å². The number of nitrogen functional groups attached to an aromatic ring is 1. The lowest BCUT2D eigenvalue weighted by molar-refractivity contribution is -0.133. The quantitative estimate of drug-likeness (QED) is 0.859. The minimum Gasteiger partial charge on any atom is -0.464 e. The Kier molecular flexibility index (Phi) is 4.68. The molecule has 0 aliphatic carbocycles. The Morgan fingerprint density at radius 1 is 1.29 bits per heavy atom. The third kappa shape index (κ3) is 4.12. The molecule has 0 saturated heterocycles. The smallest absolute Gasteiger partial charge is 0.227 e. The maximum absolute atomic E-state index is 12.5. The number of anilines is 1. The lowest BCUT2D eigenvalue weighted by Crippen LogP contribution is -2.37. The van der Waals surface area contributed by atoms with Crippen LogP contribution < -0.4 is 5.73 Å². The molecule has 1 aromatic heterocycles. The van der Waals surface area contributed by atoms with Gasteiger partial charge in [0.05, 0.1) is 13.0 Å². The molecule has 2 N–H and O–H groups in total. The van der Waals surface area contributed by atoms with Gasteiger partial charge in [0, 0.05) is 11.7 Å². The number of nitrogens with zero attached hydrogens (tertiary/aromatic N) is 1. The van der Waals surface area contributed by atoms with Crippen LogP contribution in [0, 0.1) is 6.92 Å². The Balaban J connectivity index is 2.08. The molecule has 0 radical (unpaired) electrons. The van der Waals surface area contributed by atoms with Crippen molar-refractivity contribution in [1.82, 2.24) is 4.90 Å². The van der Waals surface area contributed by atoms with Crippen LogP contribution in [0.15, 0.2) is 40.8 Å². The molecule has 4 heteroatoms. The number of aryl methyl sites for hydroxylation is 1. The molecule has 0 aliphatic heterocycles. The molecule has 0 fully saturated rings. The lowest BCUT2D eigenvalue weighted by Gasteiger charge is -2.26. The number of carbonyl (C=O) groups excluding carboxylic acids is 1. The normalized spacial score (nSPS) is 10.9. The number of benzene rings is 1. The van der Waals surface area contributed by atoms with Crippen molar-refractivity contribution in [2.75, 3.05) is 5.73 Å². The van der Waals surface area contributed by atoms with Crippen LogP contribution in [0.2, 0.25) is 0 Å². The fraction of sp³-hybridized carbons (Fsp3) is 0.353. The predicted octanol–water partition coefficient (Wildman–Crippen LogP) is 3.15. The number of amides is 1. The highest BCUT2D eigenvalue weighted by Crippen LogP contribution is 2.15. The highest BCUT2D eigenvalue weighted by atomic mass is 16.3. The molecule has 0 atom stereocenters. The maximum Gasteiger partial charge on any atom is 0.227 e. The zero-order valence-corrected chi connectivity index (χ0v) is 12.8. The summed E-state index contributed by atoms with van der Waals surface area (Å²) in [5.41, 5.74) is 7.37. The second-order valence-corrected chi connectivity index (χ2v) is 5.55. The zero-order valence-electron chi connectivity index (χ0n) is 12.8. The minimum atomic E-state index is 0.0738. The summed E-state index contributed by atoms with van der Waals surface area (Å²) >= 11 is 0. The van der Waals surface area contributed by atoms with Gasteiger partial charge in [-0.3, -0.25) is 4.79 Å². The van der Waals surface area contributed by atoms with E-state index in [1.54, 1.807) is 0 Å². The minimum absolute atomic E-state index is 0.0738. The molecule has 0 aliphatic rings. The highest BCUT2D eigenvalue weighted by Gasteiger charge is 2.19. The van der Waals surface area contributed by atoms with Gasteiger partial charge in [-0.1, -0.05) is 12.1 Å². The first-order valence-corrected chi connectivity index (χ1v) is 7.15. The van der Waals surface area contributed by atoms with Crippen molar-refractivity contribution in [2.24, 2.45) is 0 Å². The summed E-state index contributed by atoms with van der Waals surface area (Å²) < 4.78 is 5.57. The molecular weight excluding hydrogens is 264 g/mol. The molecule has 1 aromatic carbocycles. The van der Waals surface area contributed by atoms with Crippen molar-refractivity contribution in [2.45, 2.75) is 39.8 Å². The van der Waals surface area contributed by atoms with Gasteiger partial charge in [0.2, 0.25) is 5.91 Å². The summed E-state index contributed by atoms with van der Waals surface area (Å²) in [6, 6.07) is 11.4. The number of hydrogen-bond donors (Lipinski definition) is 1. The van der Waals surface area contributed by atoms with E-state index in [9.17, 15) is 4.79 Å². The summed E-state index contributed by atoms with van der Waals surface area (Å²) in [7, 11) is 0. The number of rotatable bonds is 5. The van der Waals surface area contributed by atoms with Gasteiger partial charge in [0.1, 0.15) is 11.5 Å². The molecule has 0 saturated carbocycles. The zero-order chi connectivity index (χ0) is 15.4. The van der Waals surface area contributed by atoms with E-state index in [1.165, 1.54) is 0 Å². The Bertz CT molecular complexity index is 617. The molecule has 2 aromatic rings. The highest BCUT2D eigenvalue weighted by molar-refractivity contribution is 5.79. The van der Waals surface area contributed by atoms with Crippen LogP contribution in [-0.4, -0.2) is 16.8 Å². The standard InChI is InChI=1S/C17H22N2O2/c1-12(2)19(11-16-8-7-13(3)21-16)17(20)10-14-5-4-6-15(18)9-14/h4-9,12H,10-11,18H2,1-3H3. The molecular formula is C17H22N2O2. The van der Waals surface area contributed by atoms with Crippen molar-refractivity contribution < 1.29 is 9.21 Å². The van der Waals surface area contributed by atoms with E-state index in [1.807, 2.05) is 62.1 Å². The number of nitrogens with two attached hydrogens (primary N) is 1. The molecule has 0 unspecified atom stereocenters. The predicted molar refractivity (Wildman–Crippen MR) is 83.7 cm³/mol. The Morgan fingerprint density at radius 2 is 2.05 bits per heavy atom. The van der Waals surface area contributed by atoms with Gasteiger partial charge in [0.25, 0.3) is 0 Å². The van der Waals surface area contributed by atoms with E-state index in [-0.39, 0.29) is 11.9 Å². The second-order valence-electron chi connectivity index (χ2n) is 5.55. The molecule has 1 amide bonds. The fourth-order valence-electron chi connectivity index (χ4n) is 2.28. The lowest BCUT2D eigenvalue weighted by atomic mass is 10.1. The van der Waals surface area contributed by atoms with E-state index >= 15 is 0 Å². The van der Waals surface area contributed by atoms with Crippen molar-refractivity contribution in [3.63, 3.8) is 0 Å². The topological polar surface area (TPSA) is 59.5 Å². The van der Waals surface area contributed by atoms with Crippen molar-refractivity contribution in [3.8, 4) is 0 Å². The van der Waals surface area contributed by atoms with Gasteiger partial charge in [-0.2, -0.15) is 0 Å². The Hall–Kier alpha value is -2.23. The van der Waals surface area contributed by atoms with Gasteiger partial charge in [-0.05, 0) is 50.6 Å². The van der Waals surface area contributed by atoms with Crippen LogP contribution in [0.3, 0.4) is 0 Å². The van der Waals surface area contributed by atoms with Crippen LogP contribution in [0.4, 0.5) is 5.69 Å². The third-order valence-corrected chi connectivity index (χ3v) is 3.37. The molecule has 0 spiro atoms. The molecule has 2 rings (SSSR count). The molecule has 21 heavy (non-hydrogen) atoms. The van der Waals surface area contributed by atoms with Crippen LogP contribution in [0.5, 0.6) is 0 Å². The first-order chi connectivity index (χ1) is 9.95. The molecule has 0 bridgehead atoms. The van der Waals surface area contributed by atoms with Gasteiger partial charge in [0.15, 0.2) is 0 Å². The fourth-order valence-corrected chi connectivity index (χ4v) is 2.28. The average molecular weight is 286 g/mol. The van der Waals surface area contributed by atoms with Crippen molar-refractivity contribution in [3.05, 3.63) is 53.5 Å². The number of carbonyl (C=O) groups is 1. The first kappa shape index (κ1) is 15.2. The van der Waals surface area contributed by atoms with E-state index in [0.717, 1.165) is 17.1 Å². The average Bonchev–Trinajstić information content (AvgIpc) is 2.81. The summed E-state index contributed by atoms with van der Waals surface area (Å²) in [6.45, 7) is 6.41. The number of furan rings is 1. The SMILES string of the molecule is Cc1ccc(CN(C(=O)Cc2cccc(N)c2)C(C)C)o1. The Morgan fingerprint density at radius 3 is 2.62 bits per heavy atom. The van der Waals surface area contributed by atoms with E-state index in [2.05, 4.69) is 0 Å².